The highest BCUT2D eigenvalue weighted by Gasteiger charge is 2.15. The summed E-state index contributed by atoms with van der Waals surface area (Å²) in [4.78, 5) is 11.4. The second-order valence-electron chi connectivity index (χ2n) is 7.44. The summed E-state index contributed by atoms with van der Waals surface area (Å²) in [5.74, 6) is 6.09. The predicted octanol–water partition coefficient (Wildman–Crippen LogP) is 1.52. The number of amides is 1. The summed E-state index contributed by atoms with van der Waals surface area (Å²) in [5, 5.41) is 24.2. The first-order chi connectivity index (χ1) is 13.2. The molecule has 6 N–H and O–H groups in total. The zero-order valence-corrected chi connectivity index (χ0v) is 16.6. The third-order valence-corrected chi connectivity index (χ3v) is 3.69. The number of β-amino-alcohol motifs (C(OH)–C–C–N with tert-alkyl or cyclic N) is 1. The molecule has 2 rings (SSSR count). The molecule has 9 heteroatoms. The van der Waals surface area contributed by atoms with Crippen LogP contribution in [0, 0.1) is 0 Å². The molecule has 152 valence electrons. The lowest BCUT2D eigenvalue weighted by Crippen LogP contribution is -2.42. The summed E-state index contributed by atoms with van der Waals surface area (Å²) in [5.41, 5.74) is 4.11. The van der Waals surface area contributed by atoms with Crippen molar-refractivity contribution in [2.45, 2.75) is 39.3 Å². The molecule has 0 spiro atoms. The van der Waals surface area contributed by atoms with E-state index >= 15 is 0 Å². The summed E-state index contributed by atoms with van der Waals surface area (Å²) in [6.45, 7) is 8.02. The van der Waals surface area contributed by atoms with Gasteiger partial charge in [-0.15, -0.1) is 10.2 Å². The molecule has 0 aliphatic heterocycles. The average Bonchev–Trinajstić information content (AvgIpc) is 2.64. The molecule has 2 aromatic rings. The van der Waals surface area contributed by atoms with Crippen molar-refractivity contribution in [3.63, 3.8) is 0 Å². The number of hydrogen-bond donors (Lipinski definition) is 5. The van der Waals surface area contributed by atoms with Crippen LogP contribution in [0.5, 0.6) is 5.75 Å². The van der Waals surface area contributed by atoms with E-state index in [9.17, 15) is 9.90 Å². The Morgan fingerprint density at radius 2 is 2.00 bits per heavy atom. The number of benzene rings is 1. The highest BCUT2D eigenvalue weighted by molar-refractivity contribution is 5.90. The first-order valence-electron chi connectivity index (χ1n) is 8.96. The van der Waals surface area contributed by atoms with Crippen molar-refractivity contribution in [2.24, 2.45) is 5.84 Å². The molecule has 0 saturated heterocycles. The Labute approximate surface area is 164 Å². The molecule has 1 unspecified atom stereocenters. The van der Waals surface area contributed by atoms with Crippen LogP contribution in [-0.2, 0) is 4.79 Å². The number of hydrogen-bond acceptors (Lipinski definition) is 8. The number of aliphatic hydroxyl groups is 1. The van der Waals surface area contributed by atoms with Crippen molar-refractivity contribution < 1.29 is 14.6 Å². The van der Waals surface area contributed by atoms with Gasteiger partial charge >= 0.3 is 0 Å². The SMILES string of the molecule is CC(=O)Nc1ccc(OCC(O)CNC(C)(C)C)c(-c2ccc(NN)nn2)c1. The Balaban J connectivity index is 2.20. The van der Waals surface area contributed by atoms with Gasteiger partial charge in [0.05, 0.1) is 5.69 Å². The Morgan fingerprint density at radius 1 is 1.25 bits per heavy atom. The van der Waals surface area contributed by atoms with Crippen molar-refractivity contribution in [3.05, 3.63) is 30.3 Å². The highest BCUT2D eigenvalue weighted by atomic mass is 16.5. The maximum atomic E-state index is 11.4. The number of aromatic nitrogens is 2. The lowest BCUT2D eigenvalue weighted by molar-refractivity contribution is -0.114. The lowest BCUT2D eigenvalue weighted by Gasteiger charge is -2.23. The molecule has 28 heavy (non-hydrogen) atoms. The van der Waals surface area contributed by atoms with Gasteiger partial charge in [0, 0.05) is 30.3 Å². The third kappa shape index (κ3) is 6.76. The number of carbonyl (C=O) groups is 1. The Kier molecular flexibility index (Phi) is 7.27. The number of rotatable bonds is 8. The molecule has 1 aromatic carbocycles. The Morgan fingerprint density at radius 3 is 2.57 bits per heavy atom. The minimum absolute atomic E-state index is 0.0967. The molecule has 1 amide bonds. The number of nitrogen functional groups attached to an aromatic ring is 1. The van der Waals surface area contributed by atoms with E-state index in [-0.39, 0.29) is 18.1 Å². The molecule has 1 aromatic heterocycles. The van der Waals surface area contributed by atoms with Crippen LogP contribution in [-0.4, -0.2) is 46.0 Å². The number of aliphatic hydroxyl groups excluding tert-OH is 1. The standard InChI is InChI=1S/C19H28N6O3/c1-12(26)22-13-5-7-17(28-11-14(27)10-21-19(2,3)4)15(9-13)16-6-8-18(23-20)25-24-16/h5-9,14,21,27H,10-11,20H2,1-4H3,(H,22,26)(H,23,25). The van der Waals surface area contributed by atoms with Crippen LogP contribution in [0.15, 0.2) is 30.3 Å². The smallest absolute Gasteiger partial charge is 0.221 e. The normalized spacial score (nSPS) is 12.4. The van der Waals surface area contributed by atoms with Crippen LogP contribution in [0.2, 0.25) is 0 Å². The molecule has 0 aliphatic rings. The number of nitrogens with zero attached hydrogens (tertiary/aromatic N) is 2. The van der Waals surface area contributed by atoms with E-state index in [2.05, 4.69) is 26.3 Å². The van der Waals surface area contributed by atoms with Crippen molar-refractivity contribution in [2.75, 3.05) is 23.9 Å². The van der Waals surface area contributed by atoms with Crippen molar-refractivity contribution in [1.29, 1.82) is 0 Å². The van der Waals surface area contributed by atoms with Crippen LogP contribution in [0.25, 0.3) is 11.3 Å². The second kappa shape index (κ2) is 9.45. The first-order valence-corrected chi connectivity index (χ1v) is 8.96. The third-order valence-electron chi connectivity index (χ3n) is 3.69. The van der Waals surface area contributed by atoms with Crippen molar-refractivity contribution in [3.8, 4) is 17.0 Å². The van der Waals surface area contributed by atoms with E-state index in [1.165, 1.54) is 6.92 Å². The molecule has 9 nitrogen and oxygen atoms in total. The number of ether oxygens (including phenoxy) is 1. The van der Waals surface area contributed by atoms with E-state index < -0.39 is 6.10 Å². The minimum Gasteiger partial charge on any atom is -0.490 e. The molecular weight excluding hydrogens is 360 g/mol. The van der Waals surface area contributed by atoms with Crippen LogP contribution in [0.4, 0.5) is 11.5 Å². The van der Waals surface area contributed by atoms with Gasteiger partial charge in [0.1, 0.15) is 18.5 Å². The molecule has 0 bridgehead atoms. The van der Waals surface area contributed by atoms with Gasteiger partial charge in [-0.3, -0.25) is 4.79 Å². The van der Waals surface area contributed by atoms with Gasteiger partial charge in [-0.05, 0) is 51.1 Å². The summed E-state index contributed by atoms with van der Waals surface area (Å²) in [6.07, 6.45) is -0.683. The molecule has 1 heterocycles. The molecule has 0 radical (unpaired) electrons. The maximum Gasteiger partial charge on any atom is 0.221 e. The predicted molar refractivity (Wildman–Crippen MR) is 109 cm³/mol. The summed E-state index contributed by atoms with van der Waals surface area (Å²) in [6, 6.07) is 8.61. The van der Waals surface area contributed by atoms with Crippen molar-refractivity contribution >= 4 is 17.4 Å². The van der Waals surface area contributed by atoms with Gasteiger partial charge < -0.3 is 25.9 Å². The van der Waals surface area contributed by atoms with Gasteiger partial charge in [0.2, 0.25) is 5.91 Å². The number of nitrogens with one attached hydrogen (secondary N) is 3. The first kappa shape index (κ1) is 21.5. The van der Waals surface area contributed by atoms with Gasteiger partial charge in [-0.1, -0.05) is 0 Å². The number of anilines is 2. The zero-order chi connectivity index (χ0) is 20.7. The minimum atomic E-state index is -0.683. The molecule has 0 fully saturated rings. The summed E-state index contributed by atoms with van der Waals surface area (Å²) >= 11 is 0. The fourth-order valence-electron chi connectivity index (χ4n) is 2.36. The lowest BCUT2D eigenvalue weighted by atomic mass is 10.1. The maximum absolute atomic E-state index is 11.4. The average molecular weight is 388 g/mol. The monoisotopic (exact) mass is 388 g/mol. The van der Waals surface area contributed by atoms with Gasteiger partial charge in [0.25, 0.3) is 0 Å². The molecule has 0 saturated carbocycles. The van der Waals surface area contributed by atoms with Gasteiger partial charge in [-0.2, -0.15) is 0 Å². The van der Waals surface area contributed by atoms with Crippen LogP contribution < -0.4 is 26.6 Å². The van der Waals surface area contributed by atoms with E-state index in [0.717, 1.165) is 0 Å². The quantitative estimate of drug-likeness (QED) is 0.339. The van der Waals surface area contributed by atoms with Gasteiger partial charge in [-0.25, -0.2) is 5.84 Å². The highest BCUT2D eigenvalue weighted by Crippen LogP contribution is 2.31. The fraction of sp³-hybridized carbons (Fsp3) is 0.421. The van der Waals surface area contributed by atoms with Crippen LogP contribution >= 0.6 is 0 Å². The summed E-state index contributed by atoms with van der Waals surface area (Å²) < 4.78 is 5.82. The van der Waals surface area contributed by atoms with E-state index in [4.69, 9.17) is 10.6 Å². The number of hydrazine groups is 1. The summed E-state index contributed by atoms with van der Waals surface area (Å²) in [7, 11) is 0. The largest absolute Gasteiger partial charge is 0.490 e. The Bertz CT molecular complexity index is 789. The van der Waals surface area contributed by atoms with E-state index in [0.29, 0.717) is 35.1 Å². The van der Waals surface area contributed by atoms with Crippen LogP contribution in [0.3, 0.4) is 0 Å². The topological polar surface area (TPSA) is 134 Å². The molecule has 0 aliphatic carbocycles. The van der Waals surface area contributed by atoms with Crippen molar-refractivity contribution in [1.82, 2.24) is 15.5 Å². The second-order valence-corrected chi connectivity index (χ2v) is 7.44. The van der Waals surface area contributed by atoms with E-state index in [1.807, 2.05) is 20.8 Å². The molecular formula is C19H28N6O3. The number of nitrogens with two attached hydrogens (primary N) is 1. The van der Waals surface area contributed by atoms with Crippen LogP contribution in [0.1, 0.15) is 27.7 Å². The van der Waals surface area contributed by atoms with E-state index in [1.54, 1.807) is 30.3 Å². The Hall–Kier alpha value is -2.75. The zero-order valence-electron chi connectivity index (χ0n) is 16.6. The number of carbonyl (C=O) groups excluding carboxylic acids is 1. The fourth-order valence-corrected chi connectivity index (χ4v) is 2.36. The molecule has 1 atom stereocenters. The van der Waals surface area contributed by atoms with Gasteiger partial charge in [0.15, 0.2) is 5.82 Å².